The summed E-state index contributed by atoms with van der Waals surface area (Å²) in [4.78, 5) is 44.4. The fourth-order valence-corrected chi connectivity index (χ4v) is 2.55. The Bertz CT molecular complexity index is 1020. The largest absolute Gasteiger partial charge is 0.496 e. The number of aromatic nitrogens is 3. The zero-order valence-corrected chi connectivity index (χ0v) is 14.7. The van der Waals surface area contributed by atoms with Gasteiger partial charge in [-0.2, -0.15) is 0 Å². The van der Waals surface area contributed by atoms with Crippen LogP contribution in [0.15, 0.2) is 41.2 Å². The van der Waals surface area contributed by atoms with Gasteiger partial charge < -0.3 is 20.4 Å². The number of carbonyl (C=O) groups is 2. The lowest BCUT2D eigenvalue weighted by Gasteiger charge is -2.09. The summed E-state index contributed by atoms with van der Waals surface area (Å²) in [7, 11) is 1.57. The maximum atomic E-state index is 12.0. The molecular weight excluding hydrogens is 350 g/mol. The van der Waals surface area contributed by atoms with Crippen LogP contribution in [0, 0.1) is 0 Å². The van der Waals surface area contributed by atoms with E-state index >= 15 is 0 Å². The standard InChI is InChI=1S/C18H19N5O4/c1-27-13-5-3-2-4-11(13)10-19-15(24)8-9-16(25)21-14-7-6-12-17(22-14)23-18(26)20-12/h2-7H,8-10H2,1H3,(H,19,24)(H3,20,21,22,23,25,26). The quantitative estimate of drug-likeness (QED) is 0.499. The third kappa shape index (κ3) is 4.72. The molecule has 0 unspecified atom stereocenters. The SMILES string of the molecule is COc1ccccc1CNC(=O)CCC(=O)Nc1ccc2[nH]c(=O)[nH]c2n1. The van der Waals surface area contributed by atoms with E-state index in [1.54, 1.807) is 19.2 Å². The predicted molar refractivity (Wildman–Crippen MR) is 99.4 cm³/mol. The van der Waals surface area contributed by atoms with Gasteiger partial charge in [-0.15, -0.1) is 0 Å². The summed E-state index contributed by atoms with van der Waals surface area (Å²) in [6, 6.07) is 10.6. The first-order valence-electron chi connectivity index (χ1n) is 8.32. The lowest BCUT2D eigenvalue weighted by Crippen LogP contribution is -2.24. The Kier molecular flexibility index (Phi) is 5.50. The Morgan fingerprint density at radius 2 is 1.85 bits per heavy atom. The van der Waals surface area contributed by atoms with Gasteiger partial charge in [-0.05, 0) is 18.2 Å². The molecule has 2 heterocycles. The van der Waals surface area contributed by atoms with E-state index in [9.17, 15) is 14.4 Å². The van der Waals surface area contributed by atoms with Crippen LogP contribution >= 0.6 is 0 Å². The Morgan fingerprint density at radius 1 is 1.07 bits per heavy atom. The van der Waals surface area contributed by atoms with E-state index < -0.39 is 0 Å². The minimum Gasteiger partial charge on any atom is -0.496 e. The summed E-state index contributed by atoms with van der Waals surface area (Å²) < 4.78 is 5.23. The van der Waals surface area contributed by atoms with E-state index in [0.29, 0.717) is 29.3 Å². The maximum Gasteiger partial charge on any atom is 0.325 e. The Hall–Kier alpha value is -3.62. The van der Waals surface area contributed by atoms with E-state index in [-0.39, 0.29) is 30.3 Å². The van der Waals surface area contributed by atoms with Gasteiger partial charge in [0.25, 0.3) is 0 Å². The molecule has 27 heavy (non-hydrogen) atoms. The smallest absolute Gasteiger partial charge is 0.325 e. The molecule has 140 valence electrons. The highest BCUT2D eigenvalue weighted by Gasteiger charge is 2.10. The lowest BCUT2D eigenvalue weighted by atomic mass is 10.2. The normalized spacial score (nSPS) is 10.6. The number of hydrogen-bond acceptors (Lipinski definition) is 5. The summed E-state index contributed by atoms with van der Waals surface area (Å²) in [5.41, 5.74) is 1.39. The van der Waals surface area contributed by atoms with Crippen molar-refractivity contribution >= 4 is 28.8 Å². The number of H-pyrrole nitrogens is 2. The molecule has 0 fully saturated rings. The van der Waals surface area contributed by atoms with Gasteiger partial charge in [0.1, 0.15) is 11.6 Å². The molecule has 0 atom stereocenters. The zero-order valence-electron chi connectivity index (χ0n) is 14.7. The average Bonchev–Trinajstić information content (AvgIpc) is 3.04. The van der Waals surface area contributed by atoms with E-state index in [1.165, 1.54) is 0 Å². The van der Waals surface area contributed by atoms with Gasteiger partial charge in [-0.3, -0.25) is 14.6 Å². The third-order valence-corrected chi connectivity index (χ3v) is 3.89. The van der Waals surface area contributed by atoms with Gasteiger partial charge in [-0.25, -0.2) is 9.78 Å². The number of carbonyl (C=O) groups excluding carboxylic acids is 2. The van der Waals surface area contributed by atoms with Crippen molar-refractivity contribution in [1.82, 2.24) is 20.3 Å². The maximum absolute atomic E-state index is 12.0. The molecule has 4 N–H and O–H groups in total. The fraction of sp³-hybridized carbons (Fsp3) is 0.222. The summed E-state index contributed by atoms with van der Waals surface area (Å²) in [6.45, 7) is 0.323. The molecule has 0 bridgehead atoms. The molecule has 0 saturated heterocycles. The number of ether oxygens (including phenoxy) is 1. The number of nitrogens with zero attached hydrogens (tertiary/aromatic N) is 1. The van der Waals surface area contributed by atoms with Crippen LogP contribution in [0.4, 0.5) is 5.82 Å². The van der Waals surface area contributed by atoms with Crippen molar-refractivity contribution in [3.8, 4) is 5.75 Å². The number of para-hydroxylation sites is 1. The highest BCUT2D eigenvalue weighted by molar-refractivity contribution is 5.93. The fourth-order valence-electron chi connectivity index (χ4n) is 2.55. The van der Waals surface area contributed by atoms with Crippen LogP contribution < -0.4 is 21.1 Å². The van der Waals surface area contributed by atoms with Crippen LogP contribution in [-0.4, -0.2) is 33.9 Å². The highest BCUT2D eigenvalue weighted by atomic mass is 16.5. The molecule has 3 aromatic rings. The van der Waals surface area contributed by atoms with Crippen LogP contribution in [0.3, 0.4) is 0 Å². The number of amides is 2. The molecule has 9 nitrogen and oxygen atoms in total. The molecule has 1 aromatic carbocycles. The summed E-state index contributed by atoms with van der Waals surface area (Å²) in [5.74, 6) is 0.415. The van der Waals surface area contributed by atoms with Crippen molar-refractivity contribution < 1.29 is 14.3 Å². The first-order chi connectivity index (χ1) is 13.0. The van der Waals surface area contributed by atoms with Crippen molar-refractivity contribution in [3.05, 3.63) is 52.4 Å². The van der Waals surface area contributed by atoms with Gasteiger partial charge in [-0.1, -0.05) is 18.2 Å². The summed E-state index contributed by atoms with van der Waals surface area (Å²) >= 11 is 0. The first kappa shape index (κ1) is 18.2. The first-order valence-corrected chi connectivity index (χ1v) is 8.32. The molecule has 2 aromatic heterocycles. The van der Waals surface area contributed by atoms with Crippen molar-refractivity contribution in [2.24, 2.45) is 0 Å². The van der Waals surface area contributed by atoms with Crippen LogP contribution in [-0.2, 0) is 16.1 Å². The van der Waals surface area contributed by atoms with Crippen molar-refractivity contribution in [2.45, 2.75) is 19.4 Å². The minimum absolute atomic E-state index is 0.0150. The number of pyridine rings is 1. The van der Waals surface area contributed by atoms with E-state index in [4.69, 9.17) is 4.74 Å². The third-order valence-electron chi connectivity index (χ3n) is 3.89. The van der Waals surface area contributed by atoms with E-state index in [2.05, 4.69) is 25.6 Å². The average molecular weight is 369 g/mol. The summed E-state index contributed by atoms with van der Waals surface area (Å²) in [6.07, 6.45) is 0.0609. The number of fused-ring (bicyclic) bond motifs is 1. The Balaban J connectivity index is 1.47. The van der Waals surface area contributed by atoms with E-state index in [1.807, 2.05) is 24.3 Å². The second-order valence-corrected chi connectivity index (χ2v) is 5.81. The van der Waals surface area contributed by atoms with Gasteiger partial charge in [0.15, 0.2) is 5.65 Å². The van der Waals surface area contributed by atoms with Gasteiger partial charge in [0.05, 0.1) is 12.6 Å². The van der Waals surface area contributed by atoms with Gasteiger partial charge in [0, 0.05) is 24.9 Å². The molecule has 2 amide bonds. The van der Waals surface area contributed by atoms with Crippen molar-refractivity contribution in [1.29, 1.82) is 0 Å². The monoisotopic (exact) mass is 369 g/mol. The van der Waals surface area contributed by atoms with Crippen molar-refractivity contribution in [2.75, 3.05) is 12.4 Å². The molecular formula is C18H19N5O4. The second kappa shape index (κ2) is 8.17. The molecule has 0 radical (unpaired) electrons. The topological polar surface area (TPSA) is 129 Å². The van der Waals surface area contributed by atoms with Crippen LogP contribution in [0.1, 0.15) is 18.4 Å². The van der Waals surface area contributed by atoms with Gasteiger partial charge in [0.2, 0.25) is 11.8 Å². The van der Waals surface area contributed by atoms with E-state index in [0.717, 1.165) is 5.56 Å². The number of anilines is 1. The second-order valence-electron chi connectivity index (χ2n) is 5.81. The molecule has 0 aliphatic carbocycles. The molecule has 0 aliphatic heterocycles. The molecule has 0 spiro atoms. The number of benzene rings is 1. The number of hydrogen-bond donors (Lipinski definition) is 4. The number of imidazole rings is 1. The lowest BCUT2D eigenvalue weighted by molar-refractivity contribution is -0.124. The van der Waals surface area contributed by atoms with Crippen LogP contribution in [0.25, 0.3) is 11.2 Å². The van der Waals surface area contributed by atoms with Crippen LogP contribution in [0.2, 0.25) is 0 Å². The number of nitrogens with one attached hydrogen (secondary N) is 4. The van der Waals surface area contributed by atoms with Crippen LogP contribution in [0.5, 0.6) is 5.75 Å². The van der Waals surface area contributed by atoms with Crippen molar-refractivity contribution in [3.63, 3.8) is 0 Å². The number of methoxy groups -OCH3 is 1. The number of aromatic amines is 2. The Labute approximate surface area is 154 Å². The predicted octanol–water partition coefficient (Wildman–Crippen LogP) is 1.29. The summed E-state index contributed by atoms with van der Waals surface area (Å²) in [5, 5.41) is 5.37. The molecule has 9 heteroatoms. The Morgan fingerprint density at radius 3 is 2.67 bits per heavy atom. The minimum atomic E-state index is -0.368. The zero-order chi connectivity index (χ0) is 19.2. The highest BCUT2D eigenvalue weighted by Crippen LogP contribution is 2.16. The molecule has 0 aliphatic rings. The molecule has 0 saturated carbocycles. The number of rotatable bonds is 7. The van der Waals surface area contributed by atoms with Gasteiger partial charge >= 0.3 is 5.69 Å². The molecule has 3 rings (SSSR count).